The number of nitrogens with one attached hydrogen (secondary N) is 1. The fourth-order valence-corrected chi connectivity index (χ4v) is 1.21. The minimum atomic E-state index is -0.117. The van der Waals surface area contributed by atoms with Crippen molar-refractivity contribution < 1.29 is 9.59 Å². The number of hydrogen-bond donors (Lipinski definition) is 1. The molecule has 1 rings (SSSR count). The lowest BCUT2D eigenvalue weighted by atomic mass is 10.1. The van der Waals surface area contributed by atoms with E-state index in [-0.39, 0.29) is 11.7 Å². The van der Waals surface area contributed by atoms with Crippen LogP contribution < -0.4 is 5.32 Å². The summed E-state index contributed by atoms with van der Waals surface area (Å²) in [6.45, 7) is 3.24. The van der Waals surface area contributed by atoms with Crippen LogP contribution >= 0.6 is 0 Å². The molecule has 3 nitrogen and oxygen atoms in total. The van der Waals surface area contributed by atoms with Gasteiger partial charge in [-0.15, -0.1) is 0 Å². The van der Waals surface area contributed by atoms with Gasteiger partial charge in [-0.1, -0.05) is 30.0 Å². The lowest BCUT2D eigenvalue weighted by Crippen LogP contribution is -2.19. The first-order chi connectivity index (χ1) is 7.61. The van der Waals surface area contributed by atoms with Crippen LogP contribution in [0.3, 0.4) is 0 Å². The van der Waals surface area contributed by atoms with Crippen LogP contribution in [0, 0.1) is 11.8 Å². The van der Waals surface area contributed by atoms with Gasteiger partial charge in [0.2, 0.25) is 5.91 Å². The molecule has 0 aliphatic rings. The Hall–Kier alpha value is -2.08. The number of Topliss-reactive ketones (excluding diaryl/α,β-unsaturated/α-hetero) is 1. The van der Waals surface area contributed by atoms with Crippen molar-refractivity contribution in [3.05, 3.63) is 35.4 Å². The number of ketones is 1. The lowest BCUT2D eigenvalue weighted by molar-refractivity contribution is -0.118. The summed E-state index contributed by atoms with van der Waals surface area (Å²) in [5.74, 6) is 5.53. The Kier molecular flexibility index (Phi) is 4.28. The van der Waals surface area contributed by atoms with Crippen molar-refractivity contribution in [2.24, 2.45) is 0 Å². The van der Waals surface area contributed by atoms with Gasteiger partial charge in [0.05, 0.1) is 6.54 Å². The van der Waals surface area contributed by atoms with E-state index in [0.717, 1.165) is 0 Å². The molecule has 1 aromatic rings. The maximum Gasteiger partial charge on any atom is 0.217 e. The number of carbonyl (C=O) groups excluding carboxylic acids is 2. The number of rotatable bonds is 2. The molecule has 3 heteroatoms. The van der Waals surface area contributed by atoms with E-state index >= 15 is 0 Å². The Morgan fingerprint density at radius 1 is 1.25 bits per heavy atom. The molecule has 1 N–H and O–H groups in total. The third-order valence-electron chi connectivity index (χ3n) is 1.96. The molecule has 0 bridgehead atoms. The van der Waals surface area contributed by atoms with Crippen LogP contribution in [0.25, 0.3) is 0 Å². The number of amides is 1. The fourth-order valence-electron chi connectivity index (χ4n) is 1.21. The molecule has 1 amide bonds. The third-order valence-corrected chi connectivity index (χ3v) is 1.96. The minimum absolute atomic E-state index is 0.00979. The van der Waals surface area contributed by atoms with E-state index < -0.39 is 0 Å². The van der Waals surface area contributed by atoms with Crippen molar-refractivity contribution in [1.82, 2.24) is 5.32 Å². The molecule has 0 aliphatic carbocycles. The molecule has 0 spiro atoms. The second-order valence-electron chi connectivity index (χ2n) is 3.31. The van der Waals surface area contributed by atoms with Crippen LogP contribution in [0.4, 0.5) is 0 Å². The van der Waals surface area contributed by atoms with Crippen molar-refractivity contribution in [2.75, 3.05) is 6.54 Å². The average molecular weight is 215 g/mol. The molecular weight excluding hydrogens is 202 g/mol. The Balaban J connectivity index is 2.80. The summed E-state index contributed by atoms with van der Waals surface area (Å²) in [5.41, 5.74) is 1.30. The summed E-state index contributed by atoms with van der Waals surface area (Å²) >= 11 is 0. The first-order valence-corrected chi connectivity index (χ1v) is 4.94. The van der Waals surface area contributed by atoms with Crippen LogP contribution in [0.2, 0.25) is 0 Å². The van der Waals surface area contributed by atoms with Gasteiger partial charge in [-0.05, 0) is 13.0 Å². The van der Waals surface area contributed by atoms with Gasteiger partial charge in [-0.2, -0.15) is 0 Å². The van der Waals surface area contributed by atoms with Crippen molar-refractivity contribution in [3.63, 3.8) is 0 Å². The molecule has 0 saturated heterocycles. The Morgan fingerprint density at radius 2 is 1.94 bits per heavy atom. The van der Waals surface area contributed by atoms with E-state index in [1.807, 2.05) is 6.07 Å². The van der Waals surface area contributed by atoms with Gasteiger partial charge < -0.3 is 5.32 Å². The Morgan fingerprint density at radius 3 is 2.56 bits per heavy atom. The zero-order valence-corrected chi connectivity index (χ0v) is 9.33. The quantitative estimate of drug-likeness (QED) is 0.598. The summed E-state index contributed by atoms with van der Waals surface area (Å²) < 4.78 is 0. The zero-order chi connectivity index (χ0) is 12.0. The molecule has 0 saturated carbocycles. The van der Waals surface area contributed by atoms with Crippen LogP contribution in [-0.2, 0) is 4.79 Å². The minimum Gasteiger partial charge on any atom is -0.345 e. The van der Waals surface area contributed by atoms with E-state index in [2.05, 4.69) is 17.2 Å². The van der Waals surface area contributed by atoms with Crippen LogP contribution in [0.5, 0.6) is 0 Å². The Labute approximate surface area is 94.9 Å². The highest BCUT2D eigenvalue weighted by Gasteiger charge is 2.02. The van der Waals surface area contributed by atoms with Crippen LogP contribution in [-0.4, -0.2) is 18.2 Å². The molecule has 0 atom stereocenters. The summed E-state index contributed by atoms with van der Waals surface area (Å²) in [7, 11) is 0. The monoisotopic (exact) mass is 215 g/mol. The van der Waals surface area contributed by atoms with Crippen LogP contribution in [0.1, 0.15) is 29.8 Å². The molecule has 0 radical (unpaired) electrons. The van der Waals surface area contributed by atoms with Gasteiger partial charge in [-0.3, -0.25) is 9.59 Å². The summed E-state index contributed by atoms with van der Waals surface area (Å²) in [4.78, 5) is 21.9. The normalized spacial score (nSPS) is 8.88. The van der Waals surface area contributed by atoms with Gasteiger partial charge in [0, 0.05) is 18.1 Å². The Bertz CT molecular complexity index is 466. The molecule has 0 unspecified atom stereocenters. The van der Waals surface area contributed by atoms with Gasteiger partial charge in [0.1, 0.15) is 0 Å². The predicted molar refractivity (Wildman–Crippen MR) is 62.0 cm³/mol. The van der Waals surface area contributed by atoms with Crippen molar-refractivity contribution in [2.45, 2.75) is 13.8 Å². The molecule has 0 aromatic heterocycles. The molecule has 82 valence electrons. The van der Waals surface area contributed by atoms with Crippen LogP contribution in [0.15, 0.2) is 24.3 Å². The van der Waals surface area contributed by atoms with Gasteiger partial charge in [-0.25, -0.2) is 0 Å². The number of hydrogen-bond acceptors (Lipinski definition) is 2. The number of carbonyl (C=O) groups is 2. The van der Waals surface area contributed by atoms with Gasteiger partial charge >= 0.3 is 0 Å². The van der Waals surface area contributed by atoms with E-state index in [0.29, 0.717) is 17.7 Å². The van der Waals surface area contributed by atoms with E-state index in [4.69, 9.17) is 0 Å². The lowest BCUT2D eigenvalue weighted by Gasteiger charge is -1.98. The smallest absolute Gasteiger partial charge is 0.217 e. The van der Waals surface area contributed by atoms with E-state index in [1.165, 1.54) is 13.8 Å². The van der Waals surface area contributed by atoms with Crippen molar-refractivity contribution in [1.29, 1.82) is 0 Å². The van der Waals surface area contributed by atoms with Crippen molar-refractivity contribution >= 4 is 11.7 Å². The fraction of sp³-hybridized carbons (Fsp3) is 0.231. The molecular formula is C13H13NO2. The summed E-state index contributed by atoms with van der Waals surface area (Å²) in [6.07, 6.45) is 0. The van der Waals surface area contributed by atoms with Gasteiger partial charge in [0.15, 0.2) is 5.78 Å². The first-order valence-electron chi connectivity index (χ1n) is 4.94. The summed E-state index contributed by atoms with van der Waals surface area (Å²) in [6, 6.07) is 7.16. The maximum atomic E-state index is 11.3. The molecule has 0 fully saturated rings. The zero-order valence-electron chi connectivity index (χ0n) is 9.33. The van der Waals surface area contributed by atoms with E-state index in [9.17, 15) is 9.59 Å². The van der Waals surface area contributed by atoms with Gasteiger partial charge in [0.25, 0.3) is 0 Å². The van der Waals surface area contributed by atoms with E-state index in [1.54, 1.807) is 18.2 Å². The highest BCUT2D eigenvalue weighted by Crippen LogP contribution is 2.07. The number of benzene rings is 1. The molecule has 1 aromatic carbocycles. The molecule has 0 aliphatic heterocycles. The third kappa shape index (κ3) is 3.58. The highest BCUT2D eigenvalue weighted by molar-refractivity contribution is 5.96. The topological polar surface area (TPSA) is 46.2 Å². The average Bonchev–Trinajstić information content (AvgIpc) is 2.24. The largest absolute Gasteiger partial charge is 0.345 e. The maximum absolute atomic E-state index is 11.3. The first kappa shape index (κ1) is 12.0. The molecule has 16 heavy (non-hydrogen) atoms. The van der Waals surface area contributed by atoms with Crippen molar-refractivity contribution in [3.8, 4) is 11.8 Å². The summed E-state index contributed by atoms with van der Waals surface area (Å²) in [5, 5.41) is 2.57. The highest BCUT2D eigenvalue weighted by atomic mass is 16.1. The molecule has 0 heterocycles. The second-order valence-corrected chi connectivity index (χ2v) is 3.31. The SMILES string of the molecule is CC(=O)NCC#Cc1ccccc1C(C)=O. The standard InChI is InChI=1S/C13H13NO2/c1-10(15)13-8-4-3-6-12(13)7-5-9-14-11(2)16/h3-4,6,8H,9H2,1-2H3,(H,14,16). The second kappa shape index (κ2) is 5.72. The predicted octanol–water partition coefficient (Wildman–Crippen LogP) is 1.38.